The van der Waals surface area contributed by atoms with Gasteiger partial charge in [0.1, 0.15) is 5.69 Å². The molecule has 15 heavy (non-hydrogen) atoms. The molecule has 1 aromatic heterocycles. The summed E-state index contributed by atoms with van der Waals surface area (Å²) in [7, 11) is 0. The summed E-state index contributed by atoms with van der Waals surface area (Å²) in [6, 6.07) is 10.4. The zero-order chi connectivity index (χ0) is 10.5. The van der Waals surface area contributed by atoms with Crippen molar-refractivity contribution in [2.45, 2.75) is 11.9 Å². The van der Waals surface area contributed by atoms with Gasteiger partial charge in [0, 0.05) is 5.56 Å². The second-order valence-corrected chi connectivity index (χ2v) is 3.90. The molecule has 2 nitrogen and oxygen atoms in total. The molecule has 2 rings (SSSR count). The molecule has 76 valence electrons. The maximum absolute atomic E-state index is 4.23. The summed E-state index contributed by atoms with van der Waals surface area (Å²) in [6.07, 6.45) is 5.88. The van der Waals surface area contributed by atoms with Crippen LogP contribution in [0.1, 0.15) is 11.3 Å². The highest BCUT2D eigenvalue weighted by Crippen LogP contribution is 1.99. The van der Waals surface area contributed by atoms with Gasteiger partial charge in [0.2, 0.25) is 0 Å². The monoisotopic (exact) mass is 263 g/mol. The molecule has 0 aliphatic carbocycles. The SMILES string of the molecule is BrCc1c[n+](Cc2ccccc2)ccn1. The molecule has 0 saturated carbocycles. The fourth-order valence-corrected chi connectivity index (χ4v) is 1.73. The van der Waals surface area contributed by atoms with Crippen LogP contribution in [-0.4, -0.2) is 4.98 Å². The lowest BCUT2D eigenvalue weighted by molar-refractivity contribution is -0.689. The number of hydrogen-bond donors (Lipinski definition) is 0. The van der Waals surface area contributed by atoms with E-state index in [9.17, 15) is 0 Å². The first-order chi connectivity index (χ1) is 7.38. The third kappa shape index (κ3) is 2.86. The second-order valence-electron chi connectivity index (χ2n) is 3.34. The normalized spacial score (nSPS) is 10.2. The summed E-state index contributed by atoms with van der Waals surface area (Å²) in [6.45, 7) is 0.892. The highest BCUT2D eigenvalue weighted by molar-refractivity contribution is 9.08. The summed E-state index contributed by atoms with van der Waals surface area (Å²) in [5.41, 5.74) is 2.35. The number of hydrogen-bond acceptors (Lipinski definition) is 1. The molecular weight excluding hydrogens is 252 g/mol. The van der Waals surface area contributed by atoms with Crippen LogP contribution in [0.15, 0.2) is 48.9 Å². The van der Waals surface area contributed by atoms with Gasteiger partial charge in [-0.15, -0.1) is 0 Å². The summed E-state index contributed by atoms with van der Waals surface area (Å²) in [5, 5.41) is 0.794. The average molecular weight is 264 g/mol. The van der Waals surface area contributed by atoms with Crippen LogP contribution in [-0.2, 0) is 11.9 Å². The quantitative estimate of drug-likeness (QED) is 0.614. The summed E-state index contributed by atoms with van der Waals surface area (Å²) in [4.78, 5) is 4.23. The first-order valence-electron chi connectivity index (χ1n) is 4.82. The van der Waals surface area contributed by atoms with Crippen LogP contribution in [0.25, 0.3) is 0 Å². The predicted molar refractivity (Wildman–Crippen MR) is 62.6 cm³/mol. The second kappa shape index (κ2) is 5.03. The average Bonchev–Trinajstić information content (AvgIpc) is 2.31. The van der Waals surface area contributed by atoms with Crippen LogP contribution in [0.3, 0.4) is 0 Å². The zero-order valence-electron chi connectivity index (χ0n) is 8.31. The molecule has 0 radical (unpaired) electrons. The molecule has 0 fully saturated rings. The first kappa shape index (κ1) is 10.3. The fourth-order valence-electron chi connectivity index (χ4n) is 1.44. The molecule has 0 saturated heterocycles. The van der Waals surface area contributed by atoms with Crippen molar-refractivity contribution < 1.29 is 4.57 Å². The molecule has 0 aliphatic heterocycles. The Morgan fingerprint density at radius 2 is 2.00 bits per heavy atom. The molecule has 2 aromatic rings. The van der Waals surface area contributed by atoms with Crippen LogP contribution >= 0.6 is 15.9 Å². The molecule has 0 unspecified atom stereocenters. The molecule has 0 spiro atoms. The lowest BCUT2D eigenvalue weighted by Gasteiger charge is -1.98. The van der Waals surface area contributed by atoms with Gasteiger partial charge in [0.15, 0.2) is 18.9 Å². The first-order valence-corrected chi connectivity index (χ1v) is 5.94. The van der Waals surface area contributed by atoms with E-state index in [4.69, 9.17) is 0 Å². The number of aromatic nitrogens is 2. The molecule has 0 aliphatic rings. The maximum atomic E-state index is 4.23. The summed E-state index contributed by atoms with van der Waals surface area (Å²) >= 11 is 3.40. The van der Waals surface area contributed by atoms with Crippen molar-refractivity contribution in [1.29, 1.82) is 0 Å². The van der Waals surface area contributed by atoms with Gasteiger partial charge in [-0.3, -0.25) is 0 Å². The van der Waals surface area contributed by atoms with Crippen molar-refractivity contribution in [3.05, 3.63) is 60.2 Å². The molecular formula is C12H12BrN2+. The maximum Gasteiger partial charge on any atom is 0.191 e. The van der Waals surface area contributed by atoms with E-state index >= 15 is 0 Å². The molecule has 0 bridgehead atoms. The summed E-state index contributed by atoms with van der Waals surface area (Å²) < 4.78 is 2.14. The molecule has 0 N–H and O–H groups in total. The number of rotatable bonds is 3. The highest BCUT2D eigenvalue weighted by atomic mass is 79.9. The third-order valence-corrected chi connectivity index (χ3v) is 2.73. The Morgan fingerprint density at radius 3 is 2.73 bits per heavy atom. The topological polar surface area (TPSA) is 16.8 Å². The van der Waals surface area contributed by atoms with Gasteiger partial charge in [0.25, 0.3) is 0 Å². The van der Waals surface area contributed by atoms with Gasteiger partial charge in [-0.2, -0.15) is 4.57 Å². The van der Waals surface area contributed by atoms with Crippen LogP contribution in [0, 0.1) is 0 Å². The molecule has 3 heteroatoms. The van der Waals surface area contributed by atoms with Crippen molar-refractivity contribution in [2.75, 3.05) is 0 Å². The standard InChI is InChI=1S/C12H12BrN2/c13-8-12-10-15(7-6-14-12)9-11-4-2-1-3-5-11/h1-7,10H,8-9H2/q+1. The van der Waals surface area contributed by atoms with Gasteiger partial charge in [-0.25, -0.2) is 4.98 Å². The molecule has 0 atom stereocenters. The number of halogens is 1. The Hall–Kier alpha value is -1.22. The van der Waals surface area contributed by atoms with Crippen LogP contribution in [0.2, 0.25) is 0 Å². The molecule has 1 heterocycles. The van der Waals surface area contributed by atoms with Gasteiger partial charge in [-0.1, -0.05) is 46.3 Å². The Balaban J connectivity index is 2.17. The minimum atomic E-state index is 0.794. The number of benzene rings is 1. The van der Waals surface area contributed by atoms with Gasteiger partial charge < -0.3 is 0 Å². The predicted octanol–water partition coefficient (Wildman–Crippen LogP) is 2.31. The Morgan fingerprint density at radius 1 is 1.20 bits per heavy atom. The summed E-state index contributed by atoms with van der Waals surface area (Å²) in [5.74, 6) is 0. The van der Waals surface area contributed by atoms with Crippen molar-refractivity contribution in [3.8, 4) is 0 Å². The smallest absolute Gasteiger partial charge is 0.191 e. The van der Waals surface area contributed by atoms with E-state index in [-0.39, 0.29) is 0 Å². The fraction of sp³-hybridized carbons (Fsp3) is 0.167. The lowest BCUT2D eigenvalue weighted by Crippen LogP contribution is -2.34. The van der Waals surface area contributed by atoms with E-state index in [0.29, 0.717) is 0 Å². The Kier molecular flexibility index (Phi) is 3.45. The lowest BCUT2D eigenvalue weighted by atomic mass is 10.2. The minimum absolute atomic E-state index is 0.794. The molecule has 0 amide bonds. The Labute approximate surface area is 97.7 Å². The van der Waals surface area contributed by atoms with Crippen LogP contribution in [0.5, 0.6) is 0 Å². The van der Waals surface area contributed by atoms with Crippen molar-refractivity contribution >= 4 is 15.9 Å². The largest absolute Gasteiger partial charge is 0.248 e. The molecule has 1 aromatic carbocycles. The van der Waals surface area contributed by atoms with E-state index in [1.807, 2.05) is 18.5 Å². The van der Waals surface area contributed by atoms with Crippen molar-refractivity contribution in [3.63, 3.8) is 0 Å². The van der Waals surface area contributed by atoms with E-state index in [1.165, 1.54) is 5.56 Å². The number of alkyl halides is 1. The van der Waals surface area contributed by atoms with E-state index in [0.717, 1.165) is 17.6 Å². The number of nitrogens with zero attached hydrogens (tertiary/aromatic N) is 2. The van der Waals surface area contributed by atoms with Crippen LogP contribution in [0.4, 0.5) is 0 Å². The van der Waals surface area contributed by atoms with Crippen molar-refractivity contribution in [1.82, 2.24) is 4.98 Å². The van der Waals surface area contributed by atoms with E-state index in [2.05, 4.69) is 55.9 Å². The van der Waals surface area contributed by atoms with Gasteiger partial charge in [-0.05, 0) is 0 Å². The van der Waals surface area contributed by atoms with E-state index < -0.39 is 0 Å². The Bertz CT molecular complexity index is 429. The van der Waals surface area contributed by atoms with Gasteiger partial charge in [0.05, 0.1) is 11.5 Å². The third-order valence-electron chi connectivity index (χ3n) is 2.16. The zero-order valence-corrected chi connectivity index (χ0v) is 9.89. The van der Waals surface area contributed by atoms with Crippen LogP contribution < -0.4 is 4.57 Å². The van der Waals surface area contributed by atoms with E-state index in [1.54, 1.807) is 0 Å². The minimum Gasteiger partial charge on any atom is -0.248 e. The highest BCUT2D eigenvalue weighted by Gasteiger charge is 2.03. The van der Waals surface area contributed by atoms with Crippen molar-refractivity contribution in [2.24, 2.45) is 0 Å². The van der Waals surface area contributed by atoms with Gasteiger partial charge >= 0.3 is 0 Å².